The zero-order valence-corrected chi connectivity index (χ0v) is 85.3. The predicted octanol–water partition coefficient (Wildman–Crippen LogP) is -5.84. The van der Waals surface area contributed by atoms with Crippen LogP contribution in [0.5, 0.6) is 0 Å². The summed E-state index contributed by atoms with van der Waals surface area (Å²) >= 11 is 0. The first-order valence-corrected chi connectivity index (χ1v) is 46.9. The normalized spacial score (nSPS) is 16.5. The summed E-state index contributed by atoms with van der Waals surface area (Å²) in [6.45, 7) is 37.0. The van der Waals surface area contributed by atoms with Gasteiger partial charge in [-0.3, -0.25) is 101 Å². The average Bonchev–Trinajstić information content (AvgIpc) is 1.63. The second-order valence-electron chi connectivity index (χ2n) is 41.4. The number of nitrogens with two attached hydrogens (primary N) is 3. The molecule has 46 nitrogen and oxygen atoms in total. The molecule has 1 unspecified atom stereocenters. The number of amides is 21. The number of nitrogens with zero attached hydrogens (tertiary/aromatic N) is 2. The number of primary amides is 2. The summed E-state index contributed by atoms with van der Waals surface area (Å²) < 4.78 is 0. The number of hydrogen-bond donors (Lipinski definition) is 21. The molecule has 1 aromatic rings. The van der Waals surface area contributed by atoms with Gasteiger partial charge in [0.15, 0.2) is 6.04 Å². The number of benzene rings is 1. The van der Waals surface area contributed by atoms with Crippen molar-refractivity contribution in [2.24, 2.45) is 29.2 Å². The molecule has 1 aromatic carbocycles. The monoisotopic (exact) mass is 1960 g/mol. The molecular formula is C93H154N22O24. The maximum Gasteiger partial charge on any atom is 0.279 e. The Kier molecular flexibility index (Phi) is 44.6. The lowest BCUT2D eigenvalue weighted by Gasteiger charge is -2.37. The fourth-order valence-corrected chi connectivity index (χ4v) is 15.3. The van der Waals surface area contributed by atoms with Crippen LogP contribution in [0.25, 0.3) is 0 Å². The number of rotatable bonds is 54. The molecule has 2 aliphatic heterocycles. The zero-order chi connectivity index (χ0) is 107. The van der Waals surface area contributed by atoms with Gasteiger partial charge in [-0.1, -0.05) is 71.9 Å². The van der Waals surface area contributed by atoms with E-state index in [2.05, 4.69) is 90.4 Å². The third kappa shape index (κ3) is 37.6. The Morgan fingerprint density at radius 1 is 0.424 bits per heavy atom. The Bertz CT molecular complexity index is 4640. The van der Waals surface area contributed by atoms with Gasteiger partial charge in [0.2, 0.25) is 118 Å². The van der Waals surface area contributed by atoms with Gasteiger partial charge >= 0.3 is 0 Å². The highest BCUT2D eigenvalue weighted by Gasteiger charge is 2.49. The van der Waals surface area contributed by atoms with Crippen LogP contribution in [-0.4, -0.2) is 288 Å². The molecule has 2 fully saturated rings. The average molecular weight is 1960 g/mol. The second-order valence-corrected chi connectivity index (χ2v) is 41.4. The molecule has 3 rings (SSSR count). The van der Waals surface area contributed by atoms with Gasteiger partial charge in [-0.05, 0) is 213 Å². The Hall–Kier alpha value is -12.5. The highest BCUT2D eigenvalue weighted by molar-refractivity contribution is 6.04. The molecule has 12 atom stereocenters. The highest BCUT2D eigenvalue weighted by Crippen LogP contribution is 2.27. The maximum absolute atomic E-state index is 14.7. The minimum atomic E-state index is -1.90. The Morgan fingerprint density at radius 2 is 0.842 bits per heavy atom. The van der Waals surface area contributed by atoms with E-state index in [-0.39, 0.29) is 51.1 Å². The lowest BCUT2D eigenvalue weighted by atomic mass is 9.95. The van der Waals surface area contributed by atoms with E-state index in [9.17, 15) is 116 Å². The number of aliphatic carboxylic acids is 1. The number of aliphatic hydroxyl groups excluding tert-OH is 1. The summed E-state index contributed by atoms with van der Waals surface area (Å²) in [4.78, 5) is 302. The molecule has 0 aromatic heterocycles. The number of hydrogen-bond acceptors (Lipinski definition) is 24. The van der Waals surface area contributed by atoms with E-state index in [0.717, 1.165) is 5.56 Å². The first-order valence-electron chi connectivity index (χ1n) is 46.9. The van der Waals surface area contributed by atoms with E-state index in [4.69, 9.17) is 11.5 Å². The van der Waals surface area contributed by atoms with Crippen molar-refractivity contribution in [3.8, 4) is 0 Å². The van der Waals surface area contributed by atoms with E-state index in [1.165, 1.54) is 136 Å². The summed E-state index contributed by atoms with van der Waals surface area (Å²) in [7, 11) is 0. The van der Waals surface area contributed by atoms with Crippen LogP contribution in [0.3, 0.4) is 0 Å². The van der Waals surface area contributed by atoms with Crippen molar-refractivity contribution in [1.82, 2.24) is 100 Å². The van der Waals surface area contributed by atoms with Crippen LogP contribution in [0.4, 0.5) is 0 Å². The van der Waals surface area contributed by atoms with Crippen molar-refractivity contribution in [2.45, 2.75) is 374 Å². The molecule has 24 N–H and O–H groups in total. The summed E-state index contributed by atoms with van der Waals surface area (Å²) in [5.74, 6) is -19.9. The van der Waals surface area contributed by atoms with Gasteiger partial charge in [0.05, 0.1) is 25.2 Å². The minimum Gasteiger partial charge on any atom is -0.550 e. The minimum absolute atomic E-state index is 0.0611. The molecule has 2 aliphatic rings. The highest BCUT2D eigenvalue weighted by atomic mass is 16.4. The molecule has 0 radical (unpaired) electrons. The molecule has 0 saturated carbocycles. The van der Waals surface area contributed by atoms with Crippen LogP contribution >= 0.6 is 0 Å². The smallest absolute Gasteiger partial charge is 0.279 e. The Labute approximate surface area is 812 Å². The van der Waals surface area contributed by atoms with Crippen LogP contribution in [0, 0.1) is 17.8 Å². The number of carboxylic acids is 1. The lowest BCUT2D eigenvalue weighted by Crippen LogP contribution is -3.00. The predicted molar refractivity (Wildman–Crippen MR) is 505 cm³/mol. The fourth-order valence-electron chi connectivity index (χ4n) is 15.3. The van der Waals surface area contributed by atoms with Crippen molar-refractivity contribution in [3.05, 3.63) is 35.9 Å². The summed E-state index contributed by atoms with van der Waals surface area (Å²) in [6, 6.07) is -4.98. The van der Waals surface area contributed by atoms with Crippen LogP contribution < -0.4 is 112 Å². The molecule has 139 heavy (non-hydrogen) atoms. The van der Waals surface area contributed by atoms with Crippen molar-refractivity contribution in [3.63, 3.8) is 0 Å². The van der Waals surface area contributed by atoms with Crippen molar-refractivity contribution in [1.29, 1.82) is 0 Å². The van der Waals surface area contributed by atoms with Crippen LogP contribution in [0.15, 0.2) is 30.3 Å². The van der Waals surface area contributed by atoms with Crippen LogP contribution in [0.1, 0.15) is 256 Å². The largest absolute Gasteiger partial charge is 0.550 e. The number of aliphatic hydroxyl groups is 1. The maximum atomic E-state index is 14.7. The van der Waals surface area contributed by atoms with E-state index in [1.54, 1.807) is 82.1 Å². The van der Waals surface area contributed by atoms with Gasteiger partial charge < -0.3 is 132 Å². The van der Waals surface area contributed by atoms with Gasteiger partial charge in [0.25, 0.3) is 5.91 Å². The van der Waals surface area contributed by atoms with Crippen molar-refractivity contribution >= 4 is 130 Å². The van der Waals surface area contributed by atoms with Gasteiger partial charge in [-0.25, -0.2) is 0 Å². The molecule has 0 bridgehead atoms. The van der Waals surface area contributed by atoms with Gasteiger partial charge in [-0.2, -0.15) is 0 Å². The molecule has 2 heterocycles. The standard InChI is InChI=1S/C93H154N22O24/c1-48(2)44-60(74(128)109-93(25,26)85(139)114-42-30-34-61(114)51(7)97-67(49(3)4)76(130)112-91(21,22)83(137)113-90(19,20)81(135)104-58(38-41-66(121)122)72(126)103-57(36-39-63(94)118)71(125)100-56(47-116)45-55-32-28-27-29-33-55)101-65(120)46-96-78(132)86(11,12)111-77(131)68(50(5)6)105-82(136)89(17,18)108-73(127)59(37-40-64(95)119)102-69(123)52(8)98-79(133)87(13,14)107-70(124)53(9)99-80(134)88(15,16)110-75(129)62-35-31-43-115(62)84(138)92(23,24)106-54(10)117/h27-29,32-33,48-53,56-62,67-68,97,116H,30-31,34-47H2,1-26H3,(H2,94,118)(H2,95,119)(H,96,132)(H,98,133)(H,99,134)(H,100,125)(H,101,120)(H,102,123)(H,103,126)(H,104,135)(H,105,136)(H,106,117)(H,107,124)(H,108,127)(H,109,128)(H,110,129)(H,111,131)(H,112,130)(H,113,137)(H,121,122)/t51?,52-,53-,56+,57+,58+,59-,60-,61+,62+,67-,68+/m1/s1. The molecule has 21 amide bonds. The molecule has 2 saturated heterocycles. The topological polar surface area (TPSA) is 698 Å². The van der Waals surface area contributed by atoms with Gasteiger partial charge in [-0.15, -0.1) is 0 Å². The van der Waals surface area contributed by atoms with Crippen LogP contribution in [0.2, 0.25) is 0 Å². The SMILES string of the molecule is CC(=O)NC(C)(C)C(=O)N1CCC[C@H]1C(=O)NC(C)(C)C(=O)N[C@H](C)C(=O)NC(C)(C)C(=O)N[C@H](C)C(=O)N[C@H](CCC(N)=O)C(=O)NC(C)(C)C(=O)N[C@H](C(=O)NC(C)(C)C(=O)NCC(=O)N[C@H](CC(C)C)C(=O)NC(C)(C)C(=O)N1CCC[C@H]1C(C)[NH2+][C@@H](C(=O)NC(C)(C)C(=O)NC(C)(C)C(=O)N[C@@H](CCC(=O)[O-])C(=O)N[C@@H](CCC(N)=O)C(=O)N[C@H](CO)Cc1ccccc1)C(C)C)C(C)C. The quantitative estimate of drug-likeness (QED) is 0.0289. The number of carbonyl (C=O) groups is 22. The first-order chi connectivity index (χ1) is 63.8. The fraction of sp³-hybridized carbons (Fsp3) is 0.699. The van der Waals surface area contributed by atoms with E-state index in [1.807, 2.05) is 6.92 Å². The third-order valence-electron chi connectivity index (χ3n) is 23.8. The summed E-state index contributed by atoms with van der Waals surface area (Å²) in [6.07, 6.45) is -0.855. The van der Waals surface area contributed by atoms with Gasteiger partial charge in [0, 0.05) is 44.7 Å². The Balaban J connectivity index is 1.65. The summed E-state index contributed by atoms with van der Waals surface area (Å²) in [5.41, 5.74) is -2.10. The number of carboxylic acid groups (broad SMARTS) is 1. The van der Waals surface area contributed by atoms with Crippen molar-refractivity contribution < 1.29 is 121 Å². The molecule has 46 heteroatoms. The van der Waals surface area contributed by atoms with Crippen LogP contribution in [-0.2, 0) is 112 Å². The number of likely N-dealkylation sites (tertiary alicyclic amines) is 2. The zero-order valence-electron chi connectivity index (χ0n) is 85.3. The first kappa shape index (κ1) is 121. The van der Waals surface area contributed by atoms with E-state index in [0.29, 0.717) is 19.3 Å². The van der Waals surface area contributed by atoms with Gasteiger partial charge in [0.1, 0.15) is 98.7 Å². The molecular weight excluding hydrogens is 1810 g/mol. The number of nitrogens with one attached hydrogen (secondary N) is 17. The third-order valence-corrected chi connectivity index (χ3v) is 23.8. The molecule has 780 valence electrons. The number of carbonyl (C=O) groups excluding carboxylic acids is 22. The number of quaternary nitrogens is 1. The van der Waals surface area contributed by atoms with E-state index < -0.39 is 298 Å². The second kappa shape index (κ2) is 51.4. The summed E-state index contributed by atoms with van der Waals surface area (Å²) in [5, 5.41) is 67.2. The van der Waals surface area contributed by atoms with E-state index >= 15 is 0 Å². The Morgan fingerprint density at radius 3 is 1.36 bits per heavy atom. The molecule has 0 aliphatic carbocycles. The lowest BCUT2D eigenvalue weighted by molar-refractivity contribution is -0.715. The molecule has 0 spiro atoms. The van der Waals surface area contributed by atoms with Crippen molar-refractivity contribution in [2.75, 3.05) is 26.2 Å².